The first-order valence-electron chi connectivity index (χ1n) is 8.17. The number of fused-ring (bicyclic) bond motifs is 1. The molecule has 3 rings (SSSR count). The molecule has 8 heteroatoms. The molecular formula is C16H26IN5OS. The van der Waals surface area contributed by atoms with Crippen LogP contribution in [0.3, 0.4) is 0 Å². The maximum Gasteiger partial charge on any atom is 0.193 e. The second-order valence-corrected chi connectivity index (χ2v) is 6.86. The lowest BCUT2D eigenvalue weighted by Gasteiger charge is -2.26. The molecule has 0 spiro atoms. The van der Waals surface area contributed by atoms with Crippen LogP contribution in [0.2, 0.25) is 0 Å². The van der Waals surface area contributed by atoms with Gasteiger partial charge in [-0.25, -0.2) is 4.98 Å². The molecule has 1 aliphatic heterocycles. The molecular weight excluding hydrogens is 437 g/mol. The van der Waals surface area contributed by atoms with Crippen molar-refractivity contribution in [2.75, 3.05) is 33.9 Å². The second kappa shape index (κ2) is 9.57. The van der Waals surface area contributed by atoms with Gasteiger partial charge in [-0.3, -0.25) is 9.39 Å². The van der Waals surface area contributed by atoms with Crippen molar-refractivity contribution in [3.05, 3.63) is 23.5 Å². The van der Waals surface area contributed by atoms with Gasteiger partial charge in [0.2, 0.25) is 0 Å². The highest BCUT2D eigenvalue weighted by molar-refractivity contribution is 14.0. The van der Waals surface area contributed by atoms with Crippen LogP contribution in [0.1, 0.15) is 25.0 Å². The fourth-order valence-corrected chi connectivity index (χ4v) is 3.65. The van der Waals surface area contributed by atoms with Crippen molar-refractivity contribution < 1.29 is 4.74 Å². The minimum Gasteiger partial charge on any atom is -0.381 e. The average Bonchev–Trinajstić information content (AvgIpc) is 3.16. The van der Waals surface area contributed by atoms with Gasteiger partial charge in [-0.15, -0.1) is 35.3 Å². The van der Waals surface area contributed by atoms with Gasteiger partial charge in [0.15, 0.2) is 10.9 Å². The largest absolute Gasteiger partial charge is 0.381 e. The molecule has 1 N–H and O–H groups in total. The minimum absolute atomic E-state index is 0. The molecule has 0 radical (unpaired) electrons. The van der Waals surface area contributed by atoms with Crippen LogP contribution in [0.5, 0.6) is 0 Å². The predicted octanol–water partition coefficient (Wildman–Crippen LogP) is 2.84. The van der Waals surface area contributed by atoms with Crippen molar-refractivity contribution in [1.82, 2.24) is 19.6 Å². The van der Waals surface area contributed by atoms with Gasteiger partial charge < -0.3 is 15.0 Å². The molecule has 2 aromatic heterocycles. The fraction of sp³-hybridized carbons (Fsp3) is 0.625. The van der Waals surface area contributed by atoms with E-state index in [1.54, 1.807) is 11.3 Å². The van der Waals surface area contributed by atoms with Gasteiger partial charge >= 0.3 is 0 Å². The van der Waals surface area contributed by atoms with Gasteiger partial charge in [0.1, 0.15) is 0 Å². The Labute approximate surface area is 164 Å². The number of aliphatic imine (C=N–C) groups is 1. The van der Waals surface area contributed by atoms with E-state index in [0.717, 1.165) is 42.3 Å². The highest BCUT2D eigenvalue weighted by Crippen LogP contribution is 2.18. The lowest BCUT2D eigenvalue weighted by molar-refractivity contribution is 0.0625. The summed E-state index contributed by atoms with van der Waals surface area (Å²) in [5.74, 6) is 1.71. The third-order valence-electron chi connectivity index (χ3n) is 4.36. The molecule has 2 aromatic rings. The molecule has 3 heterocycles. The Bertz CT molecular complexity index is 621. The Morgan fingerprint density at radius 2 is 2.29 bits per heavy atom. The number of halogens is 1. The summed E-state index contributed by atoms with van der Waals surface area (Å²) in [6.07, 6.45) is 7.66. The van der Waals surface area contributed by atoms with Gasteiger partial charge in [0.25, 0.3) is 0 Å². The van der Waals surface area contributed by atoms with Crippen molar-refractivity contribution in [3.63, 3.8) is 0 Å². The summed E-state index contributed by atoms with van der Waals surface area (Å²) in [5, 5.41) is 5.45. The number of guanidine groups is 1. The molecule has 0 atom stereocenters. The van der Waals surface area contributed by atoms with Crippen LogP contribution in [0, 0.1) is 5.92 Å². The summed E-state index contributed by atoms with van der Waals surface area (Å²) in [5.41, 5.74) is 1.04. The summed E-state index contributed by atoms with van der Waals surface area (Å²) in [6, 6.07) is 0. The Morgan fingerprint density at radius 3 is 3.00 bits per heavy atom. The highest BCUT2D eigenvalue weighted by atomic mass is 127. The molecule has 0 saturated carbocycles. The average molecular weight is 463 g/mol. The lowest BCUT2D eigenvalue weighted by Crippen LogP contribution is -2.39. The van der Waals surface area contributed by atoms with Crippen molar-refractivity contribution >= 4 is 46.2 Å². The zero-order chi connectivity index (χ0) is 16.1. The van der Waals surface area contributed by atoms with E-state index >= 15 is 0 Å². The second-order valence-electron chi connectivity index (χ2n) is 5.99. The van der Waals surface area contributed by atoms with Crippen LogP contribution in [0.15, 0.2) is 22.8 Å². The number of imidazole rings is 1. The topological polar surface area (TPSA) is 54.2 Å². The van der Waals surface area contributed by atoms with E-state index in [4.69, 9.17) is 4.74 Å². The van der Waals surface area contributed by atoms with E-state index in [1.807, 2.05) is 18.6 Å². The number of ether oxygens (including phenoxy) is 1. The molecule has 0 amide bonds. The van der Waals surface area contributed by atoms with Crippen molar-refractivity contribution in [2.45, 2.75) is 25.8 Å². The SMILES string of the molecule is CN=C(NCc1cn2ccsc2n1)N(C)CCC1CCOCC1.I. The lowest BCUT2D eigenvalue weighted by atomic mass is 9.96. The smallest absolute Gasteiger partial charge is 0.193 e. The molecule has 134 valence electrons. The van der Waals surface area contributed by atoms with Crippen LogP contribution >= 0.6 is 35.3 Å². The van der Waals surface area contributed by atoms with Crippen LogP contribution in [-0.2, 0) is 11.3 Å². The van der Waals surface area contributed by atoms with Crippen molar-refractivity contribution in [1.29, 1.82) is 0 Å². The summed E-state index contributed by atoms with van der Waals surface area (Å²) in [6.45, 7) is 3.54. The normalized spacial score (nSPS) is 16.2. The van der Waals surface area contributed by atoms with Gasteiger partial charge in [0, 0.05) is 51.6 Å². The van der Waals surface area contributed by atoms with E-state index < -0.39 is 0 Å². The first-order chi connectivity index (χ1) is 11.3. The minimum atomic E-state index is 0. The van der Waals surface area contributed by atoms with Gasteiger partial charge in [0.05, 0.1) is 12.2 Å². The summed E-state index contributed by atoms with van der Waals surface area (Å²) in [4.78, 5) is 12.2. The van der Waals surface area contributed by atoms with Crippen LogP contribution < -0.4 is 5.32 Å². The van der Waals surface area contributed by atoms with E-state index in [-0.39, 0.29) is 24.0 Å². The molecule has 1 aliphatic rings. The molecule has 0 aromatic carbocycles. The molecule has 1 fully saturated rings. The molecule has 6 nitrogen and oxygen atoms in total. The van der Waals surface area contributed by atoms with Gasteiger partial charge in [-0.2, -0.15) is 0 Å². The van der Waals surface area contributed by atoms with Crippen LogP contribution in [0.25, 0.3) is 4.96 Å². The van der Waals surface area contributed by atoms with E-state index in [0.29, 0.717) is 6.54 Å². The first kappa shape index (κ1) is 19.5. The predicted molar refractivity (Wildman–Crippen MR) is 109 cm³/mol. The molecule has 0 unspecified atom stereocenters. The van der Waals surface area contributed by atoms with E-state index in [1.165, 1.54) is 19.3 Å². The quantitative estimate of drug-likeness (QED) is 0.421. The van der Waals surface area contributed by atoms with Crippen LogP contribution in [-0.4, -0.2) is 54.1 Å². The number of nitrogens with one attached hydrogen (secondary N) is 1. The molecule has 0 bridgehead atoms. The Hall–Kier alpha value is -0.870. The van der Waals surface area contributed by atoms with Crippen molar-refractivity contribution in [2.24, 2.45) is 10.9 Å². The van der Waals surface area contributed by atoms with E-state index in [2.05, 4.69) is 37.8 Å². The summed E-state index contributed by atoms with van der Waals surface area (Å²) in [7, 11) is 3.93. The number of nitrogens with zero attached hydrogens (tertiary/aromatic N) is 4. The van der Waals surface area contributed by atoms with Crippen molar-refractivity contribution in [3.8, 4) is 0 Å². The summed E-state index contributed by atoms with van der Waals surface area (Å²) >= 11 is 1.65. The third-order valence-corrected chi connectivity index (χ3v) is 5.13. The molecule has 24 heavy (non-hydrogen) atoms. The van der Waals surface area contributed by atoms with Gasteiger partial charge in [-0.1, -0.05) is 0 Å². The maximum atomic E-state index is 5.42. The monoisotopic (exact) mass is 463 g/mol. The fourth-order valence-electron chi connectivity index (χ4n) is 2.93. The maximum absolute atomic E-state index is 5.42. The zero-order valence-corrected chi connectivity index (χ0v) is 17.4. The number of hydrogen-bond acceptors (Lipinski definition) is 4. The zero-order valence-electron chi connectivity index (χ0n) is 14.3. The number of hydrogen-bond donors (Lipinski definition) is 1. The Kier molecular flexibility index (Phi) is 7.76. The molecule has 1 saturated heterocycles. The number of rotatable bonds is 5. The molecule has 0 aliphatic carbocycles. The van der Waals surface area contributed by atoms with Crippen LogP contribution in [0.4, 0.5) is 0 Å². The van der Waals surface area contributed by atoms with E-state index in [9.17, 15) is 0 Å². The first-order valence-corrected chi connectivity index (χ1v) is 9.05. The third kappa shape index (κ3) is 5.06. The standard InChI is InChI=1S/C16H25N5OS.HI/c1-17-15(20(2)6-3-13-4-8-22-9-5-13)18-11-14-12-21-7-10-23-16(21)19-14;/h7,10,12-13H,3-6,8-9,11H2,1-2H3,(H,17,18);1H. The van der Waals surface area contributed by atoms with Gasteiger partial charge in [-0.05, 0) is 25.2 Å². The summed E-state index contributed by atoms with van der Waals surface area (Å²) < 4.78 is 7.48. The Morgan fingerprint density at radius 1 is 1.50 bits per heavy atom. The Balaban J connectivity index is 0.00000208. The number of aromatic nitrogens is 2. The number of thiazole rings is 1. The highest BCUT2D eigenvalue weighted by Gasteiger charge is 2.15.